The molecular formula is C16H17BrN2O3. The third-order valence-corrected chi connectivity index (χ3v) is 3.62. The van der Waals surface area contributed by atoms with Crippen LogP contribution >= 0.6 is 15.9 Å². The van der Waals surface area contributed by atoms with E-state index in [1.54, 1.807) is 24.3 Å². The molecule has 1 aromatic carbocycles. The summed E-state index contributed by atoms with van der Waals surface area (Å²) in [6, 6.07) is 9.77. The number of furan rings is 1. The summed E-state index contributed by atoms with van der Waals surface area (Å²) >= 11 is 3.34. The van der Waals surface area contributed by atoms with E-state index in [1.165, 1.54) is 6.26 Å². The first-order valence-corrected chi connectivity index (χ1v) is 7.67. The van der Waals surface area contributed by atoms with Crippen LogP contribution in [0, 0.1) is 5.92 Å². The van der Waals surface area contributed by atoms with Crippen molar-refractivity contribution in [2.45, 2.75) is 19.9 Å². The van der Waals surface area contributed by atoms with Crippen molar-refractivity contribution in [1.82, 2.24) is 5.32 Å². The Labute approximate surface area is 137 Å². The van der Waals surface area contributed by atoms with E-state index in [0.29, 0.717) is 5.69 Å². The van der Waals surface area contributed by atoms with Crippen LogP contribution in [-0.4, -0.2) is 17.9 Å². The summed E-state index contributed by atoms with van der Waals surface area (Å²) in [4.78, 5) is 24.4. The van der Waals surface area contributed by atoms with Gasteiger partial charge in [-0.1, -0.05) is 29.8 Å². The zero-order valence-electron chi connectivity index (χ0n) is 12.3. The lowest BCUT2D eigenvalue weighted by Crippen LogP contribution is -2.47. The van der Waals surface area contributed by atoms with Crippen molar-refractivity contribution >= 4 is 33.4 Å². The zero-order chi connectivity index (χ0) is 16.1. The van der Waals surface area contributed by atoms with Crippen molar-refractivity contribution in [3.8, 4) is 0 Å². The second kappa shape index (κ2) is 7.26. The predicted octanol–water partition coefficient (Wildman–Crippen LogP) is 3.44. The molecule has 5 nitrogen and oxygen atoms in total. The molecule has 2 N–H and O–H groups in total. The summed E-state index contributed by atoms with van der Waals surface area (Å²) < 4.78 is 5.97. The van der Waals surface area contributed by atoms with Crippen LogP contribution in [0.2, 0.25) is 0 Å². The molecule has 6 heteroatoms. The number of nitrogens with one attached hydrogen (secondary N) is 2. The van der Waals surface area contributed by atoms with Gasteiger partial charge in [0.1, 0.15) is 6.04 Å². The van der Waals surface area contributed by atoms with Gasteiger partial charge >= 0.3 is 0 Å². The van der Waals surface area contributed by atoms with Crippen molar-refractivity contribution in [3.05, 3.63) is 52.9 Å². The quantitative estimate of drug-likeness (QED) is 0.853. The molecule has 0 radical (unpaired) electrons. The Morgan fingerprint density at radius 3 is 2.36 bits per heavy atom. The fourth-order valence-electron chi connectivity index (χ4n) is 1.91. The number of amides is 2. The van der Waals surface area contributed by atoms with Gasteiger partial charge in [0.15, 0.2) is 5.76 Å². The van der Waals surface area contributed by atoms with Gasteiger partial charge in [-0.3, -0.25) is 9.59 Å². The standard InChI is InChI=1S/C16H17BrN2O3/c1-10(2)14(19-15(20)13-4-3-9-22-13)16(21)18-12-7-5-11(17)6-8-12/h3-10,14H,1-2H3,(H,18,21)(H,19,20). The van der Waals surface area contributed by atoms with Gasteiger partial charge in [-0.05, 0) is 42.3 Å². The van der Waals surface area contributed by atoms with Gasteiger partial charge in [0.05, 0.1) is 6.26 Å². The van der Waals surface area contributed by atoms with E-state index in [-0.39, 0.29) is 17.6 Å². The molecule has 2 rings (SSSR count). The fourth-order valence-corrected chi connectivity index (χ4v) is 2.17. The highest BCUT2D eigenvalue weighted by atomic mass is 79.9. The maximum absolute atomic E-state index is 12.4. The molecule has 2 aromatic rings. The molecular weight excluding hydrogens is 348 g/mol. The van der Waals surface area contributed by atoms with Crippen LogP contribution in [-0.2, 0) is 4.79 Å². The first-order valence-electron chi connectivity index (χ1n) is 6.88. The fraction of sp³-hybridized carbons (Fsp3) is 0.250. The van der Waals surface area contributed by atoms with Gasteiger partial charge in [0.2, 0.25) is 5.91 Å². The molecule has 116 valence electrons. The summed E-state index contributed by atoms with van der Waals surface area (Å²) in [5, 5.41) is 5.49. The lowest BCUT2D eigenvalue weighted by Gasteiger charge is -2.21. The van der Waals surface area contributed by atoms with E-state index >= 15 is 0 Å². The molecule has 0 aliphatic heterocycles. The third-order valence-electron chi connectivity index (χ3n) is 3.09. The Kier molecular flexibility index (Phi) is 5.38. The van der Waals surface area contributed by atoms with Crippen LogP contribution in [0.1, 0.15) is 24.4 Å². The summed E-state index contributed by atoms with van der Waals surface area (Å²) in [6.07, 6.45) is 1.42. The highest BCUT2D eigenvalue weighted by Gasteiger charge is 2.25. The minimum absolute atomic E-state index is 0.0608. The Bertz CT molecular complexity index is 636. The first kappa shape index (κ1) is 16.3. The molecule has 1 heterocycles. The van der Waals surface area contributed by atoms with E-state index in [4.69, 9.17) is 4.42 Å². The van der Waals surface area contributed by atoms with Crippen molar-refractivity contribution in [3.63, 3.8) is 0 Å². The van der Waals surface area contributed by atoms with Crippen molar-refractivity contribution in [2.24, 2.45) is 5.92 Å². The number of halogens is 1. The number of hydrogen-bond acceptors (Lipinski definition) is 3. The van der Waals surface area contributed by atoms with Gasteiger partial charge in [-0.25, -0.2) is 0 Å². The molecule has 0 saturated heterocycles. The monoisotopic (exact) mass is 364 g/mol. The van der Waals surface area contributed by atoms with Gasteiger partial charge in [-0.2, -0.15) is 0 Å². The minimum Gasteiger partial charge on any atom is -0.459 e. The van der Waals surface area contributed by atoms with Crippen LogP contribution < -0.4 is 10.6 Å². The number of hydrogen-bond donors (Lipinski definition) is 2. The molecule has 1 aromatic heterocycles. The zero-order valence-corrected chi connectivity index (χ0v) is 13.9. The molecule has 0 bridgehead atoms. The maximum atomic E-state index is 12.4. The van der Waals surface area contributed by atoms with Gasteiger partial charge < -0.3 is 15.1 Å². The first-order chi connectivity index (χ1) is 10.5. The van der Waals surface area contributed by atoms with Gasteiger partial charge in [0.25, 0.3) is 5.91 Å². The van der Waals surface area contributed by atoms with Crippen molar-refractivity contribution < 1.29 is 14.0 Å². The summed E-state index contributed by atoms with van der Waals surface area (Å²) in [6.45, 7) is 3.74. The number of benzene rings is 1. The Hall–Kier alpha value is -2.08. The van der Waals surface area contributed by atoms with Crippen molar-refractivity contribution in [2.75, 3.05) is 5.32 Å². The lowest BCUT2D eigenvalue weighted by atomic mass is 10.0. The SMILES string of the molecule is CC(C)C(NC(=O)c1ccco1)C(=O)Nc1ccc(Br)cc1. The number of carbonyl (C=O) groups is 2. The summed E-state index contributed by atoms with van der Waals surface area (Å²) in [5.41, 5.74) is 0.672. The van der Waals surface area contributed by atoms with Crippen LogP contribution in [0.15, 0.2) is 51.6 Å². The Morgan fingerprint density at radius 2 is 1.82 bits per heavy atom. The molecule has 1 unspecified atom stereocenters. The average molecular weight is 365 g/mol. The van der Waals surface area contributed by atoms with Gasteiger partial charge in [0, 0.05) is 10.2 Å². The lowest BCUT2D eigenvalue weighted by molar-refractivity contribution is -0.118. The predicted molar refractivity (Wildman–Crippen MR) is 87.6 cm³/mol. The van der Waals surface area contributed by atoms with E-state index in [9.17, 15) is 9.59 Å². The van der Waals surface area contributed by atoms with Crippen LogP contribution in [0.4, 0.5) is 5.69 Å². The minimum atomic E-state index is -0.652. The molecule has 0 aliphatic carbocycles. The van der Waals surface area contributed by atoms with Crippen LogP contribution in [0.5, 0.6) is 0 Å². The maximum Gasteiger partial charge on any atom is 0.287 e. The molecule has 2 amide bonds. The molecule has 22 heavy (non-hydrogen) atoms. The van der Waals surface area contributed by atoms with Gasteiger partial charge in [-0.15, -0.1) is 0 Å². The van der Waals surface area contributed by atoms with Crippen LogP contribution in [0.25, 0.3) is 0 Å². The molecule has 1 atom stereocenters. The van der Waals surface area contributed by atoms with E-state index in [0.717, 1.165) is 4.47 Å². The third kappa shape index (κ3) is 4.21. The largest absolute Gasteiger partial charge is 0.459 e. The van der Waals surface area contributed by atoms with Crippen molar-refractivity contribution in [1.29, 1.82) is 0 Å². The normalized spacial score (nSPS) is 12.0. The number of rotatable bonds is 5. The number of carbonyl (C=O) groups excluding carboxylic acids is 2. The summed E-state index contributed by atoms with van der Waals surface area (Å²) in [7, 11) is 0. The second-order valence-electron chi connectivity index (χ2n) is 5.17. The highest BCUT2D eigenvalue weighted by molar-refractivity contribution is 9.10. The topological polar surface area (TPSA) is 71.3 Å². The summed E-state index contributed by atoms with van der Waals surface area (Å²) in [5.74, 6) is -0.552. The Morgan fingerprint density at radius 1 is 1.14 bits per heavy atom. The van der Waals surface area contributed by atoms with E-state index in [1.807, 2.05) is 26.0 Å². The molecule has 0 saturated carbocycles. The highest BCUT2D eigenvalue weighted by Crippen LogP contribution is 2.15. The van der Waals surface area contributed by atoms with Crippen LogP contribution in [0.3, 0.4) is 0 Å². The smallest absolute Gasteiger partial charge is 0.287 e. The average Bonchev–Trinajstić information content (AvgIpc) is 3.00. The van der Waals surface area contributed by atoms with E-state index in [2.05, 4.69) is 26.6 Å². The molecule has 0 fully saturated rings. The molecule has 0 aliphatic rings. The second-order valence-corrected chi connectivity index (χ2v) is 6.08. The van der Waals surface area contributed by atoms with E-state index < -0.39 is 11.9 Å². The molecule has 0 spiro atoms. The number of anilines is 1. The Balaban J connectivity index is 2.05.